The molecular formula is C16H25BrN2O. The van der Waals surface area contributed by atoms with E-state index in [1.54, 1.807) is 0 Å². The van der Waals surface area contributed by atoms with Crippen LogP contribution in [0.3, 0.4) is 0 Å². The van der Waals surface area contributed by atoms with Crippen molar-refractivity contribution >= 4 is 26.8 Å². The van der Waals surface area contributed by atoms with Crippen molar-refractivity contribution in [2.75, 3.05) is 0 Å². The van der Waals surface area contributed by atoms with Gasteiger partial charge >= 0.3 is 0 Å². The smallest absolute Gasteiger partial charge is 0.102 e. The molecule has 3 nitrogen and oxygen atoms in total. The van der Waals surface area contributed by atoms with E-state index in [1.165, 1.54) is 0 Å². The lowest BCUT2D eigenvalue weighted by Crippen LogP contribution is -2.24. The molecular weight excluding hydrogens is 316 g/mol. The summed E-state index contributed by atoms with van der Waals surface area (Å²) in [5, 5.41) is 10.3. The first kappa shape index (κ1) is 18.7. The summed E-state index contributed by atoms with van der Waals surface area (Å²) >= 11 is 3.43. The zero-order chi connectivity index (χ0) is 15.7. The number of aromatic amines is 1. The summed E-state index contributed by atoms with van der Waals surface area (Å²) in [5.74, 6) is 0.0179. The Balaban J connectivity index is 0.000000829. The average Bonchev–Trinajstić information content (AvgIpc) is 2.85. The molecule has 0 aliphatic heterocycles. The highest BCUT2D eigenvalue weighted by Crippen LogP contribution is 2.23. The molecule has 0 bridgehead atoms. The van der Waals surface area contributed by atoms with Crippen LogP contribution in [0.4, 0.5) is 0 Å². The average molecular weight is 341 g/mol. The minimum absolute atomic E-state index is 0.0179. The van der Waals surface area contributed by atoms with E-state index < -0.39 is 6.04 Å². The molecule has 112 valence electrons. The minimum atomic E-state index is -0.419. The number of nitrogens with one attached hydrogen (secondary N) is 1. The summed E-state index contributed by atoms with van der Waals surface area (Å²) in [4.78, 5) is 3.17. The van der Waals surface area contributed by atoms with Gasteiger partial charge in [0.2, 0.25) is 0 Å². The molecule has 0 saturated heterocycles. The zero-order valence-electron chi connectivity index (χ0n) is 12.7. The molecule has 0 amide bonds. The first-order valence-electron chi connectivity index (χ1n) is 6.97. The van der Waals surface area contributed by atoms with E-state index in [2.05, 4.69) is 27.5 Å². The number of rotatable bonds is 3. The lowest BCUT2D eigenvalue weighted by molar-refractivity contribution is 0.369. The second kappa shape index (κ2) is 9.61. The standard InChI is InChI=1S/C12H13BrN2O.2C2H6/c1-7(16)11(14)4-8-6-15-12-3-2-9(13)5-10(8)12;2*1-2/h2-3,5-6,11,15-16H,1,4,14H2;2*1-2H3. The van der Waals surface area contributed by atoms with Gasteiger partial charge in [-0.1, -0.05) is 50.2 Å². The van der Waals surface area contributed by atoms with E-state index >= 15 is 0 Å². The molecule has 1 heterocycles. The lowest BCUT2D eigenvalue weighted by atomic mass is 10.0. The maximum Gasteiger partial charge on any atom is 0.102 e. The van der Waals surface area contributed by atoms with Gasteiger partial charge in [-0.05, 0) is 30.2 Å². The van der Waals surface area contributed by atoms with Gasteiger partial charge in [-0.3, -0.25) is 0 Å². The maximum atomic E-state index is 9.21. The number of aliphatic hydroxyl groups excluding tert-OH is 1. The van der Waals surface area contributed by atoms with Crippen LogP contribution in [0.2, 0.25) is 0 Å². The van der Waals surface area contributed by atoms with Gasteiger partial charge in [-0.15, -0.1) is 0 Å². The highest BCUT2D eigenvalue weighted by atomic mass is 79.9. The molecule has 0 spiro atoms. The topological polar surface area (TPSA) is 62.0 Å². The first-order chi connectivity index (χ1) is 9.58. The van der Waals surface area contributed by atoms with Crippen molar-refractivity contribution in [2.45, 2.75) is 40.2 Å². The summed E-state index contributed by atoms with van der Waals surface area (Å²) in [7, 11) is 0. The Morgan fingerprint density at radius 3 is 2.50 bits per heavy atom. The number of H-pyrrole nitrogens is 1. The fourth-order valence-corrected chi connectivity index (χ4v) is 2.04. The van der Waals surface area contributed by atoms with E-state index in [1.807, 2.05) is 52.1 Å². The highest BCUT2D eigenvalue weighted by Gasteiger charge is 2.10. The third kappa shape index (κ3) is 5.02. The SMILES string of the molecule is C=C(O)C(N)Cc1c[nH]c2ccc(Br)cc12.CC.CC. The molecule has 1 aromatic heterocycles. The Kier molecular flexibility index (Phi) is 9.01. The first-order valence-corrected chi connectivity index (χ1v) is 7.76. The molecule has 0 saturated carbocycles. The Labute approximate surface area is 130 Å². The Morgan fingerprint density at radius 1 is 1.35 bits per heavy atom. The highest BCUT2D eigenvalue weighted by molar-refractivity contribution is 9.10. The molecule has 2 aromatic rings. The van der Waals surface area contributed by atoms with Crippen LogP contribution in [0.1, 0.15) is 33.3 Å². The van der Waals surface area contributed by atoms with Crippen molar-refractivity contribution in [3.05, 3.63) is 46.8 Å². The van der Waals surface area contributed by atoms with Gasteiger partial charge in [-0.2, -0.15) is 0 Å². The van der Waals surface area contributed by atoms with E-state index in [0.29, 0.717) is 6.42 Å². The van der Waals surface area contributed by atoms with Crippen LogP contribution in [-0.2, 0) is 6.42 Å². The van der Waals surface area contributed by atoms with Crippen molar-refractivity contribution < 1.29 is 5.11 Å². The predicted molar refractivity (Wildman–Crippen MR) is 92.1 cm³/mol. The summed E-state index contributed by atoms with van der Waals surface area (Å²) in [6.45, 7) is 11.4. The van der Waals surface area contributed by atoms with E-state index in [-0.39, 0.29) is 5.76 Å². The Morgan fingerprint density at radius 2 is 1.95 bits per heavy atom. The van der Waals surface area contributed by atoms with Gasteiger partial charge in [0.15, 0.2) is 0 Å². The van der Waals surface area contributed by atoms with Crippen molar-refractivity contribution in [1.29, 1.82) is 0 Å². The van der Waals surface area contributed by atoms with Gasteiger partial charge in [-0.25, -0.2) is 0 Å². The Bertz CT molecular complexity index is 534. The molecule has 4 heteroatoms. The summed E-state index contributed by atoms with van der Waals surface area (Å²) < 4.78 is 1.03. The summed E-state index contributed by atoms with van der Waals surface area (Å²) in [5.41, 5.74) is 7.91. The van der Waals surface area contributed by atoms with Crippen LogP contribution in [0.25, 0.3) is 10.9 Å². The molecule has 1 unspecified atom stereocenters. The molecule has 0 fully saturated rings. The van der Waals surface area contributed by atoms with E-state index in [9.17, 15) is 5.11 Å². The number of halogens is 1. The van der Waals surface area contributed by atoms with Gasteiger partial charge in [0.25, 0.3) is 0 Å². The van der Waals surface area contributed by atoms with Gasteiger partial charge in [0.05, 0.1) is 6.04 Å². The third-order valence-electron chi connectivity index (χ3n) is 2.60. The number of nitrogens with two attached hydrogens (primary N) is 1. The van der Waals surface area contributed by atoms with Crippen molar-refractivity contribution in [3.63, 3.8) is 0 Å². The van der Waals surface area contributed by atoms with Crippen LogP contribution in [0.15, 0.2) is 41.2 Å². The normalized spacial score (nSPS) is 10.9. The number of aromatic nitrogens is 1. The number of hydrogen-bond acceptors (Lipinski definition) is 2. The molecule has 0 aliphatic rings. The molecule has 4 N–H and O–H groups in total. The van der Waals surface area contributed by atoms with Crippen LogP contribution in [0.5, 0.6) is 0 Å². The number of benzene rings is 1. The number of aliphatic hydroxyl groups is 1. The molecule has 20 heavy (non-hydrogen) atoms. The van der Waals surface area contributed by atoms with Crippen molar-refractivity contribution in [2.24, 2.45) is 5.73 Å². The fraction of sp³-hybridized carbons (Fsp3) is 0.375. The second-order valence-electron chi connectivity index (χ2n) is 3.81. The second-order valence-corrected chi connectivity index (χ2v) is 4.72. The van der Waals surface area contributed by atoms with Crippen LogP contribution >= 0.6 is 15.9 Å². The lowest BCUT2D eigenvalue weighted by Gasteiger charge is -2.08. The summed E-state index contributed by atoms with van der Waals surface area (Å²) in [6.07, 6.45) is 2.49. The minimum Gasteiger partial charge on any atom is -0.511 e. The Hall–Kier alpha value is -1.26. The monoisotopic (exact) mass is 340 g/mol. The molecule has 1 atom stereocenters. The van der Waals surface area contributed by atoms with Crippen molar-refractivity contribution in [3.8, 4) is 0 Å². The zero-order valence-corrected chi connectivity index (χ0v) is 14.3. The number of hydrogen-bond donors (Lipinski definition) is 3. The molecule has 0 aliphatic carbocycles. The van der Waals surface area contributed by atoms with Crippen LogP contribution < -0.4 is 5.73 Å². The summed E-state index contributed by atoms with van der Waals surface area (Å²) in [6, 6.07) is 5.60. The quantitative estimate of drug-likeness (QED) is 0.694. The molecule has 0 radical (unpaired) electrons. The molecule has 2 rings (SSSR count). The number of fused-ring (bicyclic) bond motifs is 1. The van der Waals surface area contributed by atoms with Gasteiger partial charge in [0.1, 0.15) is 5.76 Å². The van der Waals surface area contributed by atoms with E-state index in [4.69, 9.17) is 5.73 Å². The van der Waals surface area contributed by atoms with Crippen LogP contribution in [-0.4, -0.2) is 16.1 Å². The van der Waals surface area contributed by atoms with Gasteiger partial charge in [0, 0.05) is 21.6 Å². The predicted octanol–water partition coefficient (Wildman–Crippen LogP) is 4.92. The molecule has 1 aromatic carbocycles. The largest absolute Gasteiger partial charge is 0.511 e. The maximum absolute atomic E-state index is 9.21. The van der Waals surface area contributed by atoms with E-state index in [0.717, 1.165) is 20.9 Å². The van der Waals surface area contributed by atoms with Crippen molar-refractivity contribution in [1.82, 2.24) is 4.98 Å². The van der Waals surface area contributed by atoms with Gasteiger partial charge < -0.3 is 15.8 Å². The van der Waals surface area contributed by atoms with Crippen LogP contribution in [0, 0.1) is 0 Å². The third-order valence-corrected chi connectivity index (χ3v) is 3.09. The fourth-order valence-electron chi connectivity index (χ4n) is 1.67.